The van der Waals surface area contributed by atoms with E-state index in [0.29, 0.717) is 23.3 Å². The number of aliphatic imine (C=N–C) groups is 1. The molecule has 4 atom stereocenters. The molecule has 3 aliphatic carbocycles. The maximum absolute atomic E-state index is 12.9. The van der Waals surface area contributed by atoms with Crippen LogP contribution in [0.5, 0.6) is 0 Å². The quantitative estimate of drug-likeness (QED) is 0.771. The van der Waals surface area contributed by atoms with Crippen LogP contribution in [0.2, 0.25) is 0 Å². The maximum atomic E-state index is 12.9. The largest absolute Gasteiger partial charge is 0.355 e. The summed E-state index contributed by atoms with van der Waals surface area (Å²) in [5.74, 6) is 1.34. The number of amides is 1. The molecule has 4 rings (SSSR count). The van der Waals surface area contributed by atoms with Crippen molar-refractivity contribution in [3.63, 3.8) is 0 Å². The van der Waals surface area contributed by atoms with Gasteiger partial charge in [0.1, 0.15) is 0 Å². The topological polar surface area (TPSA) is 41.5 Å². The lowest BCUT2D eigenvalue weighted by molar-refractivity contribution is -0.124. The van der Waals surface area contributed by atoms with Gasteiger partial charge in [-0.2, -0.15) is 0 Å². The van der Waals surface area contributed by atoms with Crippen molar-refractivity contribution in [2.24, 2.45) is 28.2 Å². The first-order chi connectivity index (χ1) is 12.5. The average molecular weight is 353 g/mol. The van der Waals surface area contributed by atoms with Gasteiger partial charge in [0.25, 0.3) is 0 Å². The van der Waals surface area contributed by atoms with Crippen molar-refractivity contribution in [3.8, 4) is 0 Å². The van der Waals surface area contributed by atoms with Crippen LogP contribution in [0.1, 0.15) is 59.3 Å². The molecule has 140 valence electrons. The van der Waals surface area contributed by atoms with E-state index in [4.69, 9.17) is 4.99 Å². The third-order valence-electron chi connectivity index (χ3n) is 7.21. The fourth-order valence-corrected chi connectivity index (χ4v) is 5.23. The van der Waals surface area contributed by atoms with Gasteiger partial charge in [0, 0.05) is 18.2 Å². The first kappa shape index (κ1) is 17.8. The molecular weight excluding hydrogens is 320 g/mol. The summed E-state index contributed by atoms with van der Waals surface area (Å²) in [5.41, 5.74) is 4.40. The van der Waals surface area contributed by atoms with Gasteiger partial charge in [0.2, 0.25) is 5.91 Å². The van der Waals surface area contributed by atoms with E-state index in [9.17, 15) is 4.79 Å². The highest BCUT2D eigenvalue weighted by molar-refractivity contribution is 6.04. The molecule has 3 nitrogen and oxygen atoms in total. The van der Waals surface area contributed by atoms with Gasteiger partial charge in [-0.05, 0) is 62.4 Å². The van der Waals surface area contributed by atoms with Crippen LogP contribution >= 0.6 is 0 Å². The lowest BCUT2D eigenvalue weighted by Crippen LogP contribution is -2.38. The molecule has 1 aliphatic heterocycles. The summed E-state index contributed by atoms with van der Waals surface area (Å²) in [5, 5.41) is 3.32. The average Bonchev–Trinajstić information content (AvgIpc) is 3.38. The van der Waals surface area contributed by atoms with Crippen molar-refractivity contribution >= 4 is 11.6 Å². The van der Waals surface area contributed by atoms with Gasteiger partial charge >= 0.3 is 0 Å². The summed E-state index contributed by atoms with van der Waals surface area (Å²) in [4.78, 5) is 17.7. The van der Waals surface area contributed by atoms with Gasteiger partial charge in [0.15, 0.2) is 0 Å². The van der Waals surface area contributed by atoms with Crippen LogP contribution in [0.4, 0.5) is 0 Å². The standard InChI is InChI=1S/C23H32N2O/c1-4-20-16(3)18-13-17(9-10-21(18)25-20)22(26)24-14-23(11-12-23)19-8-6-5-7-15(19)2/h5-7,13,16-17,19-20H,4,8-12,14H2,1-3H3,(H,24,26). The number of carbonyl (C=O) groups excluding carboxylic acids is 1. The van der Waals surface area contributed by atoms with Gasteiger partial charge in [0.05, 0.1) is 12.0 Å². The molecule has 0 aromatic rings. The van der Waals surface area contributed by atoms with E-state index in [2.05, 4.69) is 50.4 Å². The zero-order chi connectivity index (χ0) is 18.3. The van der Waals surface area contributed by atoms with Gasteiger partial charge in [-0.1, -0.05) is 43.7 Å². The summed E-state index contributed by atoms with van der Waals surface area (Å²) < 4.78 is 0. The molecule has 0 spiro atoms. The van der Waals surface area contributed by atoms with Crippen LogP contribution in [0, 0.1) is 23.2 Å². The summed E-state index contributed by atoms with van der Waals surface area (Å²) in [6.07, 6.45) is 15.5. The summed E-state index contributed by atoms with van der Waals surface area (Å²) >= 11 is 0. The Morgan fingerprint density at radius 3 is 2.88 bits per heavy atom. The summed E-state index contributed by atoms with van der Waals surface area (Å²) in [6, 6.07) is 0.418. The first-order valence-electron chi connectivity index (χ1n) is 10.4. The van der Waals surface area contributed by atoms with E-state index in [1.165, 1.54) is 29.7 Å². The molecule has 1 heterocycles. The van der Waals surface area contributed by atoms with Crippen LogP contribution in [0.3, 0.4) is 0 Å². The number of allylic oxidation sites excluding steroid dienone is 4. The fourth-order valence-electron chi connectivity index (χ4n) is 5.23. The molecule has 3 heteroatoms. The molecule has 0 aromatic carbocycles. The van der Waals surface area contributed by atoms with Crippen molar-refractivity contribution in [2.75, 3.05) is 6.54 Å². The highest BCUT2D eigenvalue weighted by Crippen LogP contribution is 2.55. The van der Waals surface area contributed by atoms with Crippen LogP contribution < -0.4 is 5.32 Å². The number of nitrogens with zero attached hydrogens (tertiary/aromatic N) is 1. The van der Waals surface area contributed by atoms with Crippen molar-refractivity contribution in [3.05, 3.63) is 35.5 Å². The number of carbonyl (C=O) groups is 1. The van der Waals surface area contributed by atoms with E-state index in [1.54, 1.807) is 0 Å². The SMILES string of the molecule is CCC1N=C2CCC(C(=O)NCC3(C4CC=CC=C4C)CC3)C=C2C1C. The Bertz CT molecular complexity index is 708. The van der Waals surface area contributed by atoms with Crippen molar-refractivity contribution in [2.45, 2.75) is 65.3 Å². The number of hydrogen-bond acceptors (Lipinski definition) is 2. The number of fused-ring (bicyclic) bond motifs is 1. The molecule has 1 fully saturated rings. The van der Waals surface area contributed by atoms with Crippen molar-refractivity contribution < 1.29 is 4.79 Å². The molecule has 0 bridgehead atoms. The monoisotopic (exact) mass is 352 g/mol. The molecule has 1 saturated carbocycles. The zero-order valence-corrected chi connectivity index (χ0v) is 16.4. The maximum Gasteiger partial charge on any atom is 0.226 e. The minimum atomic E-state index is 0.0284. The van der Waals surface area contributed by atoms with E-state index in [-0.39, 0.29) is 11.8 Å². The second-order valence-corrected chi connectivity index (χ2v) is 8.81. The van der Waals surface area contributed by atoms with E-state index < -0.39 is 0 Å². The Morgan fingerprint density at radius 2 is 2.19 bits per heavy atom. The zero-order valence-electron chi connectivity index (χ0n) is 16.4. The Kier molecular flexibility index (Phi) is 4.66. The minimum absolute atomic E-state index is 0.0284. The minimum Gasteiger partial charge on any atom is -0.355 e. The third-order valence-corrected chi connectivity index (χ3v) is 7.21. The van der Waals surface area contributed by atoms with E-state index in [1.807, 2.05) is 0 Å². The van der Waals surface area contributed by atoms with Crippen LogP contribution in [0.25, 0.3) is 0 Å². The number of nitrogens with one attached hydrogen (secondary N) is 1. The Morgan fingerprint density at radius 1 is 1.38 bits per heavy atom. The summed E-state index contributed by atoms with van der Waals surface area (Å²) in [7, 11) is 0. The highest BCUT2D eigenvalue weighted by Gasteiger charge is 2.49. The van der Waals surface area contributed by atoms with Crippen LogP contribution in [0.15, 0.2) is 40.4 Å². The smallest absolute Gasteiger partial charge is 0.226 e. The van der Waals surface area contributed by atoms with Crippen LogP contribution in [-0.4, -0.2) is 24.2 Å². The Balaban J connectivity index is 1.38. The molecular formula is C23H32N2O. The third kappa shape index (κ3) is 3.10. The Hall–Kier alpha value is -1.64. The van der Waals surface area contributed by atoms with Gasteiger partial charge in [-0.25, -0.2) is 0 Å². The molecule has 4 unspecified atom stereocenters. The molecule has 0 saturated heterocycles. The Labute approximate surface area is 157 Å². The van der Waals surface area contributed by atoms with Crippen molar-refractivity contribution in [1.29, 1.82) is 0 Å². The van der Waals surface area contributed by atoms with E-state index in [0.717, 1.165) is 32.2 Å². The number of hydrogen-bond donors (Lipinski definition) is 1. The molecule has 1 amide bonds. The van der Waals surface area contributed by atoms with Crippen molar-refractivity contribution in [1.82, 2.24) is 5.32 Å². The lowest BCUT2D eigenvalue weighted by atomic mass is 9.78. The first-order valence-corrected chi connectivity index (χ1v) is 10.4. The predicted molar refractivity (Wildman–Crippen MR) is 107 cm³/mol. The lowest BCUT2D eigenvalue weighted by Gasteiger charge is -2.30. The van der Waals surface area contributed by atoms with Gasteiger partial charge < -0.3 is 5.32 Å². The second-order valence-electron chi connectivity index (χ2n) is 8.81. The van der Waals surface area contributed by atoms with Gasteiger partial charge in [-0.15, -0.1) is 0 Å². The highest BCUT2D eigenvalue weighted by atomic mass is 16.1. The predicted octanol–water partition coefficient (Wildman–Crippen LogP) is 4.61. The normalized spacial score (nSPS) is 34.5. The van der Waals surface area contributed by atoms with Gasteiger partial charge in [-0.3, -0.25) is 9.79 Å². The molecule has 0 radical (unpaired) electrons. The molecule has 4 aliphatic rings. The number of rotatable bonds is 5. The fraction of sp³-hybridized carbons (Fsp3) is 0.652. The summed E-state index contributed by atoms with van der Waals surface area (Å²) in [6.45, 7) is 7.55. The van der Waals surface area contributed by atoms with E-state index >= 15 is 0 Å². The molecule has 1 N–H and O–H groups in total. The second kappa shape index (κ2) is 6.83. The molecule has 0 aromatic heterocycles. The van der Waals surface area contributed by atoms with Crippen LogP contribution in [-0.2, 0) is 4.79 Å². The molecule has 26 heavy (non-hydrogen) atoms.